The number of hydrogen-bond donors (Lipinski definition) is 0. The Morgan fingerprint density at radius 2 is 1.32 bits per heavy atom. The van der Waals surface area contributed by atoms with Crippen LogP contribution in [0.4, 0.5) is 0 Å². The fourth-order valence-electron chi connectivity index (χ4n) is 2.74. The molecule has 2 aliphatic rings. The van der Waals surface area contributed by atoms with Gasteiger partial charge in [-0.15, -0.1) is 0 Å². The second-order valence-corrected chi connectivity index (χ2v) is 6.92. The molecule has 2 aromatic rings. The van der Waals surface area contributed by atoms with E-state index in [0.717, 1.165) is 44.0 Å². The normalized spacial score (nSPS) is 19.7. The number of carbonyl (C=O) groups is 1. The van der Waals surface area contributed by atoms with Gasteiger partial charge >= 0.3 is 5.97 Å². The van der Waals surface area contributed by atoms with Gasteiger partial charge in [0.1, 0.15) is 17.2 Å². The summed E-state index contributed by atoms with van der Waals surface area (Å²) in [5.41, 5.74) is 0.473. The number of rotatable bonds is 11. The minimum atomic E-state index is -0.406. The van der Waals surface area contributed by atoms with E-state index in [1.165, 1.54) is 0 Å². The fourth-order valence-corrected chi connectivity index (χ4v) is 2.74. The summed E-state index contributed by atoms with van der Waals surface area (Å²) in [7, 11) is 0. The van der Waals surface area contributed by atoms with E-state index < -0.39 is 5.97 Å². The van der Waals surface area contributed by atoms with Gasteiger partial charge in [-0.3, -0.25) is 0 Å². The molecule has 2 unspecified atom stereocenters. The molecule has 28 heavy (non-hydrogen) atoms. The lowest BCUT2D eigenvalue weighted by molar-refractivity contribution is 0.0734. The second kappa shape index (κ2) is 9.08. The molecule has 0 aromatic heterocycles. The quantitative estimate of drug-likeness (QED) is 0.255. The summed E-state index contributed by atoms with van der Waals surface area (Å²) in [5.74, 6) is 1.56. The zero-order valence-electron chi connectivity index (χ0n) is 15.7. The van der Waals surface area contributed by atoms with Gasteiger partial charge in [-0.25, -0.2) is 4.79 Å². The fraction of sp³-hybridized carbons (Fsp3) is 0.409. The molecule has 2 heterocycles. The number of ether oxygens (including phenoxy) is 5. The molecule has 0 bridgehead atoms. The highest BCUT2D eigenvalue weighted by Crippen LogP contribution is 2.21. The highest BCUT2D eigenvalue weighted by atomic mass is 16.6. The largest absolute Gasteiger partial charge is 0.494 e. The molecule has 148 valence electrons. The first kappa shape index (κ1) is 18.8. The maximum Gasteiger partial charge on any atom is 0.343 e. The molecule has 6 nitrogen and oxygen atoms in total. The Balaban J connectivity index is 1.20. The molecule has 2 atom stereocenters. The van der Waals surface area contributed by atoms with Gasteiger partial charge < -0.3 is 23.7 Å². The van der Waals surface area contributed by atoms with Gasteiger partial charge in [0.2, 0.25) is 0 Å². The second-order valence-electron chi connectivity index (χ2n) is 6.92. The Morgan fingerprint density at radius 3 is 1.96 bits per heavy atom. The van der Waals surface area contributed by atoms with Crippen molar-refractivity contribution in [3.05, 3.63) is 54.1 Å². The van der Waals surface area contributed by atoms with Crippen LogP contribution in [0.15, 0.2) is 48.5 Å². The number of hydrogen-bond acceptors (Lipinski definition) is 6. The average Bonchev–Trinajstić information content (AvgIpc) is 3.62. The van der Waals surface area contributed by atoms with E-state index in [1.807, 2.05) is 0 Å². The zero-order valence-corrected chi connectivity index (χ0v) is 15.7. The molecule has 2 aliphatic heterocycles. The lowest BCUT2D eigenvalue weighted by Crippen LogP contribution is -2.08. The van der Waals surface area contributed by atoms with Crippen LogP contribution in [0.5, 0.6) is 17.2 Å². The van der Waals surface area contributed by atoms with Gasteiger partial charge in [0.15, 0.2) is 0 Å². The summed E-state index contributed by atoms with van der Waals surface area (Å²) in [6.07, 6.45) is 3.68. The first-order chi connectivity index (χ1) is 13.8. The average molecular weight is 384 g/mol. The predicted octanol–water partition coefficient (Wildman–Crippen LogP) is 3.63. The van der Waals surface area contributed by atoms with Gasteiger partial charge in [0.25, 0.3) is 0 Å². The molecule has 0 amide bonds. The van der Waals surface area contributed by atoms with Crippen molar-refractivity contribution in [1.82, 2.24) is 0 Å². The maximum absolute atomic E-state index is 12.3. The Morgan fingerprint density at radius 1 is 0.786 bits per heavy atom. The third kappa shape index (κ3) is 5.97. The minimum Gasteiger partial charge on any atom is -0.494 e. The highest BCUT2D eigenvalue weighted by molar-refractivity contribution is 5.91. The molecule has 0 radical (unpaired) electrons. The molecule has 6 heteroatoms. The molecule has 4 rings (SSSR count). The number of benzene rings is 2. The molecular formula is C22H24O6. The van der Waals surface area contributed by atoms with Crippen LogP contribution < -0.4 is 14.2 Å². The van der Waals surface area contributed by atoms with E-state index in [2.05, 4.69) is 0 Å². The number of carbonyl (C=O) groups excluding carboxylic acids is 1. The molecule has 2 fully saturated rings. The predicted molar refractivity (Wildman–Crippen MR) is 102 cm³/mol. The maximum atomic E-state index is 12.3. The summed E-state index contributed by atoms with van der Waals surface area (Å²) >= 11 is 0. The first-order valence-electron chi connectivity index (χ1n) is 9.67. The monoisotopic (exact) mass is 384 g/mol. The minimum absolute atomic E-state index is 0.350. The molecule has 0 spiro atoms. The number of esters is 1. The van der Waals surface area contributed by atoms with Crippen LogP contribution in [0.2, 0.25) is 0 Å². The van der Waals surface area contributed by atoms with Crippen molar-refractivity contribution in [2.45, 2.75) is 31.5 Å². The van der Waals surface area contributed by atoms with Gasteiger partial charge in [0, 0.05) is 6.42 Å². The van der Waals surface area contributed by atoms with Gasteiger partial charge in [-0.05, 0) is 61.4 Å². The van der Waals surface area contributed by atoms with Crippen LogP contribution >= 0.6 is 0 Å². The lowest BCUT2D eigenvalue weighted by atomic mass is 10.2. The van der Waals surface area contributed by atoms with Crippen molar-refractivity contribution in [1.29, 1.82) is 0 Å². The van der Waals surface area contributed by atoms with Crippen LogP contribution in [-0.4, -0.2) is 44.6 Å². The molecule has 0 saturated carbocycles. The Labute approximate surface area is 164 Å². The Bertz CT molecular complexity index is 763. The van der Waals surface area contributed by atoms with Gasteiger partial charge in [-0.2, -0.15) is 0 Å². The van der Waals surface area contributed by atoms with E-state index in [0.29, 0.717) is 36.7 Å². The van der Waals surface area contributed by atoms with Crippen molar-refractivity contribution in [2.24, 2.45) is 0 Å². The van der Waals surface area contributed by atoms with Crippen LogP contribution in [0.1, 0.15) is 29.6 Å². The molecule has 0 N–H and O–H groups in total. The van der Waals surface area contributed by atoms with Crippen LogP contribution in [0, 0.1) is 0 Å². The van der Waals surface area contributed by atoms with Crippen molar-refractivity contribution in [2.75, 3.05) is 26.4 Å². The van der Waals surface area contributed by atoms with Crippen molar-refractivity contribution in [3.8, 4) is 17.2 Å². The molecular weight excluding hydrogens is 360 g/mol. The standard InChI is InChI=1S/C22H24O6/c23-22(16-3-5-17(6-4-16)25-13-11-21-15-27-21)28-19-9-7-18(8-10-19)24-12-1-2-20-14-26-20/h3-10,20-21H,1-2,11-15H2. The van der Waals surface area contributed by atoms with E-state index >= 15 is 0 Å². The topological polar surface area (TPSA) is 69.8 Å². The van der Waals surface area contributed by atoms with Crippen LogP contribution in [-0.2, 0) is 9.47 Å². The van der Waals surface area contributed by atoms with Crippen LogP contribution in [0.25, 0.3) is 0 Å². The van der Waals surface area contributed by atoms with Crippen molar-refractivity contribution >= 4 is 5.97 Å². The lowest BCUT2D eigenvalue weighted by Gasteiger charge is -2.08. The van der Waals surface area contributed by atoms with E-state index in [4.69, 9.17) is 23.7 Å². The van der Waals surface area contributed by atoms with Crippen molar-refractivity contribution in [3.63, 3.8) is 0 Å². The number of epoxide rings is 2. The summed E-state index contributed by atoms with van der Waals surface area (Å²) < 4.78 is 27.0. The molecule has 2 saturated heterocycles. The molecule has 0 aliphatic carbocycles. The summed E-state index contributed by atoms with van der Waals surface area (Å²) in [6.45, 7) is 2.97. The van der Waals surface area contributed by atoms with E-state index in [1.54, 1.807) is 48.5 Å². The zero-order chi connectivity index (χ0) is 19.2. The highest BCUT2D eigenvalue weighted by Gasteiger charge is 2.22. The SMILES string of the molecule is O=C(Oc1ccc(OCCCC2CO2)cc1)c1ccc(OCCC2CO2)cc1. The summed E-state index contributed by atoms with van der Waals surface area (Å²) in [4.78, 5) is 12.3. The summed E-state index contributed by atoms with van der Waals surface area (Å²) in [6, 6.07) is 14.0. The summed E-state index contributed by atoms with van der Waals surface area (Å²) in [5, 5.41) is 0. The third-order valence-corrected chi connectivity index (χ3v) is 4.58. The Kier molecular flexibility index (Phi) is 6.09. The van der Waals surface area contributed by atoms with E-state index in [9.17, 15) is 4.79 Å². The van der Waals surface area contributed by atoms with E-state index in [-0.39, 0.29) is 0 Å². The smallest absolute Gasteiger partial charge is 0.343 e. The molecule has 2 aromatic carbocycles. The Hall–Kier alpha value is -2.57. The van der Waals surface area contributed by atoms with Crippen LogP contribution in [0.3, 0.4) is 0 Å². The third-order valence-electron chi connectivity index (χ3n) is 4.58. The first-order valence-corrected chi connectivity index (χ1v) is 9.67. The van der Waals surface area contributed by atoms with Gasteiger partial charge in [-0.1, -0.05) is 0 Å². The van der Waals surface area contributed by atoms with Gasteiger partial charge in [0.05, 0.1) is 44.2 Å². The van der Waals surface area contributed by atoms with Crippen molar-refractivity contribution < 1.29 is 28.5 Å².